The van der Waals surface area contributed by atoms with Gasteiger partial charge in [0.2, 0.25) is 5.91 Å². The Morgan fingerprint density at radius 3 is 2.44 bits per heavy atom. The van der Waals surface area contributed by atoms with Crippen LogP contribution in [-0.2, 0) is 11.2 Å². The number of nitrogens with two attached hydrogens (primary N) is 1. The van der Waals surface area contributed by atoms with E-state index in [-0.39, 0.29) is 18.3 Å². The quantitative estimate of drug-likeness (QED) is 0.838. The van der Waals surface area contributed by atoms with Gasteiger partial charge in [-0.25, -0.2) is 0 Å². The number of rotatable bonds is 2. The SMILES string of the molecule is CC1CC(C)N(C(=O)Cc2ccc(N)cc2)C1.Cl. The number of hydrogen-bond acceptors (Lipinski definition) is 2. The van der Waals surface area contributed by atoms with E-state index in [9.17, 15) is 4.79 Å². The van der Waals surface area contributed by atoms with Gasteiger partial charge in [0.25, 0.3) is 0 Å². The molecule has 1 aliphatic heterocycles. The summed E-state index contributed by atoms with van der Waals surface area (Å²) in [7, 11) is 0. The Balaban J connectivity index is 0.00000162. The van der Waals surface area contributed by atoms with Gasteiger partial charge in [0.1, 0.15) is 0 Å². The summed E-state index contributed by atoms with van der Waals surface area (Å²) >= 11 is 0. The molecule has 0 bridgehead atoms. The molecule has 0 radical (unpaired) electrons. The minimum absolute atomic E-state index is 0. The van der Waals surface area contributed by atoms with Crippen molar-refractivity contribution in [3.8, 4) is 0 Å². The van der Waals surface area contributed by atoms with Crippen molar-refractivity contribution in [1.82, 2.24) is 4.90 Å². The molecule has 4 heteroatoms. The lowest BCUT2D eigenvalue weighted by atomic mass is 10.1. The molecule has 1 saturated heterocycles. The Hall–Kier alpha value is -1.22. The standard InChI is InChI=1S/C14H20N2O.ClH/c1-10-7-11(2)16(9-10)14(17)8-12-3-5-13(15)6-4-12;/h3-6,10-11H,7-9,15H2,1-2H3;1H. The van der Waals surface area contributed by atoms with Crippen LogP contribution in [0, 0.1) is 5.92 Å². The van der Waals surface area contributed by atoms with E-state index in [0.717, 1.165) is 24.2 Å². The van der Waals surface area contributed by atoms with Gasteiger partial charge < -0.3 is 10.6 Å². The van der Waals surface area contributed by atoms with Gasteiger partial charge in [-0.15, -0.1) is 12.4 Å². The molecule has 0 aromatic heterocycles. The van der Waals surface area contributed by atoms with E-state index in [1.54, 1.807) is 0 Å². The molecule has 2 rings (SSSR count). The van der Waals surface area contributed by atoms with Crippen LogP contribution in [0.25, 0.3) is 0 Å². The third-order valence-electron chi connectivity index (χ3n) is 3.44. The lowest BCUT2D eigenvalue weighted by Crippen LogP contribution is -2.35. The number of amides is 1. The van der Waals surface area contributed by atoms with Gasteiger partial charge in [-0.05, 0) is 37.0 Å². The second kappa shape index (κ2) is 6.10. The van der Waals surface area contributed by atoms with Crippen molar-refractivity contribution in [2.45, 2.75) is 32.7 Å². The maximum atomic E-state index is 12.2. The van der Waals surface area contributed by atoms with Crippen LogP contribution < -0.4 is 5.73 Å². The summed E-state index contributed by atoms with van der Waals surface area (Å²) in [6, 6.07) is 7.93. The molecule has 1 aromatic rings. The number of hydrogen-bond donors (Lipinski definition) is 1. The second-order valence-electron chi connectivity index (χ2n) is 5.15. The van der Waals surface area contributed by atoms with Crippen molar-refractivity contribution in [1.29, 1.82) is 0 Å². The number of carbonyl (C=O) groups is 1. The lowest BCUT2D eigenvalue weighted by molar-refractivity contribution is -0.131. The van der Waals surface area contributed by atoms with Crippen molar-refractivity contribution in [2.24, 2.45) is 5.92 Å². The Morgan fingerprint density at radius 1 is 1.33 bits per heavy atom. The van der Waals surface area contributed by atoms with Gasteiger partial charge in [-0.3, -0.25) is 4.79 Å². The lowest BCUT2D eigenvalue weighted by Gasteiger charge is -2.21. The minimum atomic E-state index is 0. The second-order valence-corrected chi connectivity index (χ2v) is 5.15. The van der Waals surface area contributed by atoms with E-state index in [4.69, 9.17) is 5.73 Å². The zero-order chi connectivity index (χ0) is 12.4. The molecule has 2 unspecified atom stereocenters. The third kappa shape index (κ3) is 3.39. The van der Waals surface area contributed by atoms with Crippen LogP contribution >= 0.6 is 12.4 Å². The highest BCUT2D eigenvalue weighted by Gasteiger charge is 2.29. The van der Waals surface area contributed by atoms with Crippen LogP contribution in [0.3, 0.4) is 0 Å². The highest BCUT2D eigenvalue weighted by molar-refractivity contribution is 5.85. The van der Waals surface area contributed by atoms with E-state index in [0.29, 0.717) is 18.4 Å². The number of halogens is 1. The van der Waals surface area contributed by atoms with Crippen molar-refractivity contribution in [3.63, 3.8) is 0 Å². The van der Waals surface area contributed by atoms with Gasteiger partial charge in [0.05, 0.1) is 6.42 Å². The maximum Gasteiger partial charge on any atom is 0.227 e. The molecule has 1 heterocycles. The predicted molar refractivity (Wildman–Crippen MR) is 76.8 cm³/mol. The van der Waals surface area contributed by atoms with Crippen molar-refractivity contribution in [3.05, 3.63) is 29.8 Å². The predicted octanol–water partition coefficient (Wildman–Crippen LogP) is 2.49. The molecule has 0 aliphatic carbocycles. The van der Waals surface area contributed by atoms with Crippen LogP contribution in [0.15, 0.2) is 24.3 Å². The van der Waals surface area contributed by atoms with E-state index in [2.05, 4.69) is 13.8 Å². The summed E-state index contributed by atoms with van der Waals surface area (Å²) in [4.78, 5) is 14.2. The zero-order valence-corrected chi connectivity index (χ0v) is 11.7. The van der Waals surface area contributed by atoms with Gasteiger partial charge in [-0.2, -0.15) is 0 Å². The summed E-state index contributed by atoms with van der Waals surface area (Å²) in [5, 5.41) is 0. The Labute approximate surface area is 115 Å². The smallest absolute Gasteiger partial charge is 0.227 e. The van der Waals surface area contributed by atoms with Gasteiger partial charge in [-0.1, -0.05) is 19.1 Å². The Bertz CT molecular complexity index is 405. The first-order chi connectivity index (χ1) is 8.06. The minimum Gasteiger partial charge on any atom is -0.399 e. The number of nitrogens with zero attached hydrogens (tertiary/aromatic N) is 1. The average molecular weight is 269 g/mol. The summed E-state index contributed by atoms with van der Waals surface area (Å²) in [6.07, 6.45) is 1.60. The summed E-state index contributed by atoms with van der Waals surface area (Å²) in [5.41, 5.74) is 7.40. The third-order valence-corrected chi connectivity index (χ3v) is 3.44. The van der Waals surface area contributed by atoms with Crippen LogP contribution in [0.1, 0.15) is 25.8 Å². The number of likely N-dealkylation sites (tertiary alicyclic amines) is 1. The summed E-state index contributed by atoms with van der Waals surface area (Å²) in [5.74, 6) is 0.854. The van der Waals surface area contributed by atoms with Crippen LogP contribution in [-0.4, -0.2) is 23.4 Å². The highest BCUT2D eigenvalue weighted by Crippen LogP contribution is 2.23. The molecule has 2 atom stereocenters. The van der Waals surface area contributed by atoms with E-state index >= 15 is 0 Å². The molecular formula is C14H21ClN2O. The van der Waals surface area contributed by atoms with Gasteiger partial charge >= 0.3 is 0 Å². The molecule has 2 N–H and O–H groups in total. The van der Waals surface area contributed by atoms with Gasteiger partial charge in [0.15, 0.2) is 0 Å². The van der Waals surface area contributed by atoms with Crippen LogP contribution in [0.2, 0.25) is 0 Å². The molecule has 0 spiro atoms. The summed E-state index contributed by atoms with van der Waals surface area (Å²) in [6.45, 7) is 5.23. The molecule has 3 nitrogen and oxygen atoms in total. The van der Waals surface area contributed by atoms with Crippen LogP contribution in [0.4, 0.5) is 5.69 Å². The van der Waals surface area contributed by atoms with Crippen LogP contribution in [0.5, 0.6) is 0 Å². The number of carbonyl (C=O) groups excluding carboxylic acids is 1. The van der Waals surface area contributed by atoms with E-state index in [1.165, 1.54) is 0 Å². The molecule has 100 valence electrons. The Kier molecular flexibility index (Phi) is 5.03. The topological polar surface area (TPSA) is 46.3 Å². The number of nitrogen functional groups attached to an aromatic ring is 1. The van der Waals surface area contributed by atoms with Crippen molar-refractivity contribution >= 4 is 24.0 Å². The first-order valence-corrected chi connectivity index (χ1v) is 6.20. The molecule has 0 saturated carbocycles. The fourth-order valence-corrected chi connectivity index (χ4v) is 2.56. The molecule has 1 aliphatic rings. The van der Waals surface area contributed by atoms with E-state index in [1.807, 2.05) is 29.2 Å². The normalized spacial score (nSPS) is 22.7. The molecule has 1 fully saturated rings. The largest absolute Gasteiger partial charge is 0.399 e. The zero-order valence-electron chi connectivity index (χ0n) is 10.9. The Morgan fingerprint density at radius 2 is 1.94 bits per heavy atom. The highest BCUT2D eigenvalue weighted by atomic mass is 35.5. The monoisotopic (exact) mass is 268 g/mol. The maximum absolute atomic E-state index is 12.2. The molecule has 18 heavy (non-hydrogen) atoms. The first kappa shape index (κ1) is 14.8. The molecule has 1 amide bonds. The number of anilines is 1. The van der Waals surface area contributed by atoms with Crippen molar-refractivity contribution in [2.75, 3.05) is 12.3 Å². The average Bonchev–Trinajstić information content (AvgIpc) is 2.61. The van der Waals surface area contributed by atoms with E-state index < -0.39 is 0 Å². The van der Waals surface area contributed by atoms with Crippen molar-refractivity contribution < 1.29 is 4.79 Å². The summed E-state index contributed by atoms with van der Waals surface area (Å²) < 4.78 is 0. The van der Waals surface area contributed by atoms with Gasteiger partial charge in [0, 0.05) is 18.3 Å². The molecular weight excluding hydrogens is 248 g/mol. The number of benzene rings is 1. The fourth-order valence-electron chi connectivity index (χ4n) is 2.56. The fraction of sp³-hybridized carbons (Fsp3) is 0.500. The first-order valence-electron chi connectivity index (χ1n) is 6.20. The molecule has 1 aromatic carbocycles.